The highest BCUT2D eigenvalue weighted by atomic mass is 31.2. The van der Waals surface area contributed by atoms with Gasteiger partial charge < -0.3 is 22.8 Å². The molecule has 0 bridgehead atoms. The minimum Gasteiger partial charge on any atom is -0.309 e. The second kappa shape index (κ2) is 15.2. The van der Waals surface area contributed by atoms with E-state index in [4.69, 9.17) is 0 Å². The molecule has 5 heterocycles. The number of aromatic nitrogens is 4. The van der Waals surface area contributed by atoms with E-state index in [2.05, 4.69) is 249 Å². The van der Waals surface area contributed by atoms with Gasteiger partial charge >= 0.3 is 0 Å². The molecular weight excluding hydrogens is 908 g/mol. The monoisotopic (exact) mass is 950 g/mol. The number of hydrogen-bond donors (Lipinski definition) is 0. The first-order chi connectivity index (χ1) is 36.1. The fourth-order valence-corrected chi connectivity index (χ4v) is 15.9. The van der Waals surface area contributed by atoms with E-state index in [9.17, 15) is 0 Å². The van der Waals surface area contributed by atoms with Crippen LogP contribution in [0.15, 0.2) is 249 Å². The van der Waals surface area contributed by atoms with Gasteiger partial charge in [-0.3, -0.25) is 0 Å². The molecule has 0 saturated heterocycles. The van der Waals surface area contributed by atoms with Gasteiger partial charge in [-0.05, 0) is 115 Å². The Morgan fingerprint density at radius 3 is 1.10 bits per heavy atom. The molecule has 5 nitrogen and oxygen atoms in total. The number of benzene rings is 11. The normalized spacial score (nSPS) is 13.3. The molecule has 0 fully saturated rings. The summed E-state index contributed by atoms with van der Waals surface area (Å²) in [6.45, 7) is 0. The van der Waals surface area contributed by atoms with E-state index in [0.717, 1.165) is 71.9 Å². The molecule has 6 heteroatoms. The van der Waals surface area contributed by atoms with Crippen molar-refractivity contribution in [3.05, 3.63) is 260 Å². The van der Waals surface area contributed by atoms with E-state index >= 15 is 4.57 Å². The predicted molar refractivity (Wildman–Crippen MR) is 306 cm³/mol. The predicted octanol–water partition coefficient (Wildman–Crippen LogP) is 15.6. The largest absolute Gasteiger partial charge is 0.309 e. The van der Waals surface area contributed by atoms with Crippen LogP contribution in [0.5, 0.6) is 0 Å². The van der Waals surface area contributed by atoms with E-state index in [0.29, 0.717) is 6.42 Å². The molecule has 1 aliphatic heterocycles. The van der Waals surface area contributed by atoms with Crippen LogP contribution in [0, 0.1) is 0 Å². The summed E-state index contributed by atoms with van der Waals surface area (Å²) in [4.78, 5) is 0. The fourth-order valence-electron chi connectivity index (χ4n) is 12.8. The van der Waals surface area contributed by atoms with Crippen LogP contribution in [0.2, 0.25) is 0 Å². The molecule has 73 heavy (non-hydrogen) atoms. The maximum absolute atomic E-state index is 16.6. The Morgan fingerprint density at radius 1 is 0.288 bits per heavy atom. The summed E-state index contributed by atoms with van der Waals surface area (Å²) >= 11 is 0. The van der Waals surface area contributed by atoms with Crippen LogP contribution in [0.3, 0.4) is 0 Å². The molecule has 0 unspecified atom stereocenters. The second-order valence-corrected chi connectivity index (χ2v) is 22.2. The van der Waals surface area contributed by atoms with Crippen molar-refractivity contribution in [1.29, 1.82) is 0 Å². The highest BCUT2D eigenvalue weighted by molar-refractivity contribution is 7.85. The molecule has 0 saturated carbocycles. The van der Waals surface area contributed by atoms with Crippen molar-refractivity contribution < 1.29 is 4.57 Å². The molecule has 0 spiro atoms. The molecule has 0 amide bonds. The third-order valence-electron chi connectivity index (χ3n) is 15.8. The van der Waals surface area contributed by atoms with Gasteiger partial charge in [0.2, 0.25) is 0 Å². The van der Waals surface area contributed by atoms with Gasteiger partial charge in [0.05, 0.1) is 44.1 Å². The van der Waals surface area contributed by atoms with Crippen molar-refractivity contribution in [2.75, 3.05) is 0 Å². The lowest BCUT2D eigenvalue weighted by molar-refractivity contribution is 0.592. The molecule has 342 valence electrons. The maximum atomic E-state index is 16.6. The topological polar surface area (TPSA) is 36.8 Å². The third kappa shape index (κ3) is 5.55. The lowest BCUT2D eigenvalue weighted by Crippen LogP contribution is -2.34. The highest BCUT2D eigenvalue weighted by Gasteiger charge is 2.38. The highest BCUT2D eigenvalue weighted by Crippen LogP contribution is 2.50. The summed E-state index contributed by atoms with van der Waals surface area (Å²) < 4.78 is 26.3. The summed E-state index contributed by atoms with van der Waals surface area (Å²) in [6, 6.07) is 89.3. The molecule has 4 aromatic heterocycles. The van der Waals surface area contributed by atoms with Gasteiger partial charge in [-0.15, -0.1) is 0 Å². The van der Waals surface area contributed by atoms with Gasteiger partial charge in [-0.1, -0.05) is 152 Å². The number of para-hydroxylation sites is 6. The van der Waals surface area contributed by atoms with Crippen LogP contribution in [-0.2, 0) is 11.0 Å². The Kier molecular flexibility index (Phi) is 8.44. The number of hydrogen-bond acceptors (Lipinski definition) is 1. The Morgan fingerprint density at radius 2 is 0.658 bits per heavy atom. The summed E-state index contributed by atoms with van der Waals surface area (Å²) in [5.41, 5.74) is 15.8. The molecule has 1 aliphatic rings. The summed E-state index contributed by atoms with van der Waals surface area (Å²) in [7, 11) is -3.36. The smallest absolute Gasteiger partial charge is 0.171 e. The van der Waals surface area contributed by atoms with Crippen molar-refractivity contribution in [2.24, 2.45) is 0 Å². The van der Waals surface area contributed by atoms with Crippen LogP contribution in [0.4, 0.5) is 0 Å². The van der Waals surface area contributed by atoms with Gasteiger partial charge in [-0.2, -0.15) is 0 Å². The molecular formula is C67H43N4OP. The average molecular weight is 951 g/mol. The number of nitrogens with zero attached hydrogens (tertiary/aromatic N) is 4. The molecule has 11 aromatic carbocycles. The van der Waals surface area contributed by atoms with Crippen LogP contribution in [0.25, 0.3) is 110 Å². The zero-order valence-electron chi connectivity index (χ0n) is 39.5. The SMILES string of the molecule is O=P1(c2ccccc2)c2ccc(-n3c4ccccc4c4ccc5c(c6ccccc6n5-c5ccccc5)c43)cc2Cc2cc(-n3c4ccccc4c4ccc5c(c6ccccc6n5-c5ccccc5)c43)ccc21. The zero-order valence-corrected chi connectivity index (χ0v) is 40.4. The first kappa shape index (κ1) is 40.6. The minimum absolute atomic E-state index is 0.628. The summed E-state index contributed by atoms with van der Waals surface area (Å²) in [6.07, 6.45) is 0.628. The van der Waals surface area contributed by atoms with E-state index in [1.807, 2.05) is 18.2 Å². The molecule has 0 atom stereocenters. The third-order valence-corrected chi connectivity index (χ3v) is 19.0. The summed E-state index contributed by atoms with van der Waals surface area (Å²) in [5, 5.41) is 12.3. The minimum atomic E-state index is -3.36. The van der Waals surface area contributed by atoms with Gasteiger partial charge in [0.1, 0.15) is 0 Å². The van der Waals surface area contributed by atoms with E-state index in [1.165, 1.54) is 65.2 Å². The second-order valence-electron chi connectivity index (χ2n) is 19.5. The van der Waals surface area contributed by atoms with Crippen LogP contribution in [-0.4, -0.2) is 18.3 Å². The molecule has 16 rings (SSSR count). The van der Waals surface area contributed by atoms with Gasteiger partial charge in [0, 0.05) is 81.8 Å². The molecule has 0 aliphatic carbocycles. The van der Waals surface area contributed by atoms with Gasteiger partial charge in [0.15, 0.2) is 7.14 Å². The fraction of sp³-hybridized carbons (Fsp3) is 0.0149. The Labute approximate surface area is 420 Å². The van der Waals surface area contributed by atoms with Crippen LogP contribution in [0.1, 0.15) is 11.1 Å². The van der Waals surface area contributed by atoms with Crippen molar-refractivity contribution in [3.8, 4) is 22.7 Å². The first-order valence-electron chi connectivity index (χ1n) is 25.1. The summed E-state index contributed by atoms with van der Waals surface area (Å²) in [5.74, 6) is 0. The van der Waals surface area contributed by atoms with Crippen LogP contribution < -0.4 is 15.9 Å². The van der Waals surface area contributed by atoms with Crippen molar-refractivity contribution in [2.45, 2.75) is 6.42 Å². The molecule has 0 N–H and O–H groups in total. The van der Waals surface area contributed by atoms with Crippen LogP contribution >= 0.6 is 7.14 Å². The molecule has 0 radical (unpaired) electrons. The lowest BCUT2D eigenvalue weighted by atomic mass is 10.0. The Bertz CT molecular complexity index is 4560. The van der Waals surface area contributed by atoms with E-state index in [-0.39, 0.29) is 0 Å². The number of fused-ring (bicyclic) bond motifs is 16. The van der Waals surface area contributed by atoms with Gasteiger partial charge in [0.25, 0.3) is 0 Å². The number of rotatable bonds is 5. The van der Waals surface area contributed by atoms with Crippen molar-refractivity contribution in [3.63, 3.8) is 0 Å². The van der Waals surface area contributed by atoms with Crippen molar-refractivity contribution in [1.82, 2.24) is 18.3 Å². The standard InChI is InChI=1S/C67H43N4OP/c72-73(49-22-8-3-9-23-49)62-38-32-47(70-56-28-14-10-24-50(56)52-34-36-60-64(66(52)70)54-26-12-16-30-58(54)68(60)45-18-4-1-5-19-45)41-43(62)40-44-42-48(33-39-63(44)73)71-57-29-15-11-25-51(57)53-35-37-61-65(67(53)71)55-27-13-17-31-59(55)69(61)46-20-6-2-7-21-46/h1-39,41-42H,40H2. The maximum Gasteiger partial charge on any atom is 0.171 e. The zero-order chi connectivity index (χ0) is 47.9. The Hall–Kier alpha value is -9.15. The molecule has 15 aromatic rings. The van der Waals surface area contributed by atoms with Gasteiger partial charge in [-0.25, -0.2) is 0 Å². The lowest BCUT2D eigenvalue weighted by Gasteiger charge is -2.30. The quantitative estimate of drug-likeness (QED) is 0.158. The average Bonchev–Trinajstić information content (AvgIpc) is 4.19. The first-order valence-corrected chi connectivity index (χ1v) is 26.8. The Balaban J connectivity index is 0.949. The van der Waals surface area contributed by atoms with Crippen molar-refractivity contribution >= 4 is 110 Å². The van der Waals surface area contributed by atoms with E-state index < -0.39 is 7.14 Å². The van der Waals surface area contributed by atoms with E-state index in [1.54, 1.807) is 0 Å².